The Kier molecular flexibility index (Phi) is 10.1. The van der Waals surface area contributed by atoms with Gasteiger partial charge in [0.1, 0.15) is 6.61 Å². The Bertz CT molecular complexity index is 999. The molecule has 3 rings (SSSR count). The molecule has 1 aliphatic heterocycles. The number of rotatable bonds is 13. The number of likely N-dealkylation sites (N-methyl/N-ethyl adjacent to an activating group) is 1. The number of aryl methyl sites for hydroxylation is 2. The van der Waals surface area contributed by atoms with Crippen molar-refractivity contribution in [3.63, 3.8) is 0 Å². The smallest absolute Gasteiger partial charge is 0.233 e. The molecular formula is C26H37N3O4S. The van der Waals surface area contributed by atoms with Crippen molar-refractivity contribution in [3.8, 4) is 0 Å². The molecule has 2 aromatic carbocycles. The van der Waals surface area contributed by atoms with Gasteiger partial charge < -0.3 is 10.0 Å². The van der Waals surface area contributed by atoms with Crippen LogP contribution in [0, 0.1) is 0 Å². The Morgan fingerprint density at radius 1 is 0.882 bits per heavy atom. The highest BCUT2D eigenvalue weighted by atomic mass is 32.2. The fourth-order valence-corrected chi connectivity index (χ4v) is 5.15. The zero-order chi connectivity index (χ0) is 24.4. The summed E-state index contributed by atoms with van der Waals surface area (Å²) >= 11 is 0. The number of ketones is 1. The number of carbonyl (C=O) groups excluding carboxylic acids is 1. The van der Waals surface area contributed by atoms with E-state index >= 15 is 0 Å². The molecule has 0 aromatic heterocycles. The van der Waals surface area contributed by atoms with E-state index in [0.717, 1.165) is 57.4 Å². The minimum absolute atomic E-state index is 0.108. The number of anilines is 1. The standard InChI is InChI=1S/C26H37N3O4S/c1-28-14-16-29(17-15-28)18-19-34(32,33)27-25-12-10-23(11-13-25)5-3-2-4-22-6-8-24(9-7-22)20-26(31)21-30/h6-13,27,30H,2-5,14-21H2,1H3. The maximum Gasteiger partial charge on any atom is 0.233 e. The van der Waals surface area contributed by atoms with Gasteiger partial charge in [0.2, 0.25) is 10.0 Å². The molecule has 0 bridgehead atoms. The second-order valence-electron chi connectivity index (χ2n) is 9.16. The number of piperazine rings is 1. The SMILES string of the molecule is CN1CCN(CCS(=O)(=O)Nc2ccc(CCCCc3ccc(CC(=O)CO)cc3)cc2)CC1. The van der Waals surface area contributed by atoms with Gasteiger partial charge in [-0.2, -0.15) is 0 Å². The number of aliphatic hydroxyl groups is 1. The van der Waals surface area contributed by atoms with Gasteiger partial charge in [-0.15, -0.1) is 0 Å². The van der Waals surface area contributed by atoms with Crippen molar-refractivity contribution >= 4 is 21.5 Å². The van der Waals surface area contributed by atoms with Gasteiger partial charge in [-0.05, 0) is 61.6 Å². The molecule has 1 saturated heterocycles. The molecule has 34 heavy (non-hydrogen) atoms. The third-order valence-corrected chi connectivity index (χ3v) is 7.55. The quantitative estimate of drug-likeness (QED) is 0.422. The Labute approximate surface area is 203 Å². The second kappa shape index (κ2) is 13.0. The summed E-state index contributed by atoms with van der Waals surface area (Å²) in [4.78, 5) is 15.8. The summed E-state index contributed by atoms with van der Waals surface area (Å²) in [7, 11) is -1.27. The van der Waals surface area contributed by atoms with Crippen molar-refractivity contribution in [1.29, 1.82) is 0 Å². The first-order valence-electron chi connectivity index (χ1n) is 12.0. The second-order valence-corrected chi connectivity index (χ2v) is 11.0. The molecule has 0 aliphatic carbocycles. The van der Waals surface area contributed by atoms with Gasteiger partial charge in [-0.25, -0.2) is 8.42 Å². The van der Waals surface area contributed by atoms with E-state index in [4.69, 9.17) is 5.11 Å². The van der Waals surface area contributed by atoms with Crippen molar-refractivity contribution in [2.45, 2.75) is 32.1 Å². The van der Waals surface area contributed by atoms with E-state index in [9.17, 15) is 13.2 Å². The van der Waals surface area contributed by atoms with E-state index in [0.29, 0.717) is 12.2 Å². The summed E-state index contributed by atoms with van der Waals surface area (Å²) in [6.07, 6.45) is 4.29. The minimum atomic E-state index is -3.36. The number of sulfonamides is 1. The van der Waals surface area contributed by atoms with Crippen LogP contribution in [0.1, 0.15) is 29.5 Å². The molecule has 0 radical (unpaired) electrons. The van der Waals surface area contributed by atoms with Crippen molar-refractivity contribution < 1.29 is 18.3 Å². The van der Waals surface area contributed by atoms with Crippen LogP contribution in [-0.2, 0) is 34.1 Å². The van der Waals surface area contributed by atoms with Crippen LogP contribution >= 0.6 is 0 Å². The molecule has 0 atom stereocenters. The van der Waals surface area contributed by atoms with E-state index in [1.54, 1.807) is 0 Å². The first kappa shape index (κ1) is 26.3. The van der Waals surface area contributed by atoms with E-state index in [-0.39, 0.29) is 18.0 Å². The van der Waals surface area contributed by atoms with E-state index in [2.05, 4.69) is 21.6 Å². The van der Waals surface area contributed by atoms with Crippen molar-refractivity contribution in [3.05, 3.63) is 65.2 Å². The Balaban J connectivity index is 1.36. The van der Waals surface area contributed by atoms with Gasteiger partial charge in [0.05, 0.1) is 5.75 Å². The number of benzene rings is 2. The van der Waals surface area contributed by atoms with Crippen molar-refractivity contribution in [1.82, 2.24) is 9.80 Å². The maximum absolute atomic E-state index is 12.5. The van der Waals surface area contributed by atoms with Gasteiger partial charge in [-0.3, -0.25) is 14.4 Å². The Morgan fingerprint density at radius 3 is 1.97 bits per heavy atom. The topological polar surface area (TPSA) is 90.0 Å². The fourth-order valence-electron chi connectivity index (χ4n) is 4.06. The lowest BCUT2D eigenvalue weighted by molar-refractivity contribution is -0.121. The summed E-state index contributed by atoms with van der Waals surface area (Å²) in [5.74, 6) is -0.0609. The molecule has 0 spiro atoms. The molecule has 0 amide bonds. The van der Waals surface area contributed by atoms with Crippen LogP contribution in [0.15, 0.2) is 48.5 Å². The zero-order valence-corrected chi connectivity index (χ0v) is 20.9. The molecule has 0 unspecified atom stereocenters. The highest BCUT2D eigenvalue weighted by Gasteiger charge is 2.17. The van der Waals surface area contributed by atoms with Crippen LogP contribution in [0.2, 0.25) is 0 Å². The number of carbonyl (C=O) groups is 1. The summed E-state index contributed by atoms with van der Waals surface area (Å²) in [6.45, 7) is 3.94. The van der Waals surface area contributed by atoms with Gasteiger partial charge in [-0.1, -0.05) is 36.4 Å². The monoisotopic (exact) mass is 487 g/mol. The molecule has 1 heterocycles. The molecule has 186 valence electrons. The average Bonchev–Trinajstić information content (AvgIpc) is 2.83. The number of Topliss-reactive ketones (excluding diaryl/α,β-unsaturated/α-hetero) is 1. The van der Waals surface area contributed by atoms with Crippen molar-refractivity contribution in [2.75, 3.05) is 56.9 Å². The highest BCUT2D eigenvalue weighted by molar-refractivity contribution is 7.92. The van der Waals surface area contributed by atoms with Crippen LogP contribution in [0.3, 0.4) is 0 Å². The normalized spacial score (nSPS) is 15.4. The van der Waals surface area contributed by atoms with Gasteiger partial charge in [0.15, 0.2) is 5.78 Å². The lowest BCUT2D eigenvalue weighted by Crippen LogP contribution is -2.46. The van der Waals surface area contributed by atoms with Crippen LogP contribution in [0.5, 0.6) is 0 Å². The highest BCUT2D eigenvalue weighted by Crippen LogP contribution is 2.15. The van der Waals surface area contributed by atoms with Crippen LogP contribution < -0.4 is 4.72 Å². The summed E-state index contributed by atoms with van der Waals surface area (Å²) in [6, 6.07) is 15.7. The number of hydrogen-bond acceptors (Lipinski definition) is 6. The molecule has 8 heteroatoms. The number of unbranched alkanes of at least 4 members (excludes halogenated alkanes) is 1. The van der Waals surface area contributed by atoms with E-state index in [1.165, 1.54) is 11.1 Å². The fraction of sp³-hybridized carbons (Fsp3) is 0.500. The molecule has 1 fully saturated rings. The third-order valence-electron chi connectivity index (χ3n) is 6.28. The maximum atomic E-state index is 12.5. The summed E-state index contributed by atoms with van der Waals surface area (Å²) in [5, 5.41) is 8.84. The van der Waals surface area contributed by atoms with Gasteiger partial charge in [0, 0.05) is 44.8 Å². The van der Waals surface area contributed by atoms with Crippen LogP contribution in [0.25, 0.3) is 0 Å². The minimum Gasteiger partial charge on any atom is -0.389 e. The van der Waals surface area contributed by atoms with Crippen LogP contribution in [0.4, 0.5) is 5.69 Å². The summed E-state index contributed by atoms with van der Waals surface area (Å²) in [5.41, 5.74) is 3.97. The van der Waals surface area contributed by atoms with Crippen LogP contribution in [-0.4, -0.2) is 81.2 Å². The first-order chi connectivity index (χ1) is 16.3. The number of nitrogens with one attached hydrogen (secondary N) is 1. The van der Waals surface area contributed by atoms with Crippen molar-refractivity contribution in [2.24, 2.45) is 0 Å². The molecule has 7 nitrogen and oxygen atoms in total. The molecular weight excluding hydrogens is 450 g/mol. The lowest BCUT2D eigenvalue weighted by atomic mass is 10.0. The Morgan fingerprint density at radius 2 is 1.41 bits per heavy atom. The summed E-state index contributed by atoms with van der Waals surface area (Å²) < 4.78 is 27.6. The zero-order valence-electron chi connectivity index (χ0n) is 20.1. The van der Waals surface area contributed by atoms with Gasteiger partial charge >= 0.3 is 0 Å². The van der Waals surface area contributed by atoms with E-state index < -0.39 is 16.6 Å². The lowest BCUT2D eigenvalue weighted by Gasteiger charge is -2.32. The molecule has 0 saturated carbocycles. The Hall–Kier alpha value is -2.26. The molecule has 2 aromatic rings. The van der Waals surface area contributed by atoms with Gasteiger partial charge in [0.25, 0.3) is 0 Å². The molecule has 2 N–H and O–H groups in total. The number of aliphatic hydroxyl groups excluding tert-OH is 1. The predicted molar refractivity (Wildman–Crippen MR) is 137 cm³/mol. The largest absolute Gasteiger partial charge is 0.389 e. The number of hydrogen-bond donors (Lipinski definition) is 2. The van der Waals surface area contributed by atoms with E-state index in [1.807, 2.05) is 48.5 Å². The number of nitrogens with zero attached hydrogens (tertiary/aromatic N) is 2. The molecule has 1 aliphatic rings. The average molecular weight is 488 g/mol. The first-order valence-corrected chi connectivity index (χ1v) is 13.7. The third kappa shape index (κ3) is 9.18. The predicted octanol–water partition coefficient (Wildman–Crippen LogP) is 2.34.